The number of hydrogen-bond donors (Lipinski definition) is 1. The summed E-state index contributed by atoms with van der Waals surface area (Å²) in [7, 11) is 0. The zero-order valence-electron chi connectivity index (χ0n) is 12.9. The van der Waals surface area contributed by atoms with Crippen molar-refractivity contribution in [2.45, 2.75) is 39.5 Å². The third-order valence-electron chi connectivity index (χ3n) is 4.36. The lowest BCUT2D eigenvalue weighted by atomic mass is 9.87. The minimum atomic E-state index is -0.822. The Morgan fingerprint density at radius 1 is 1.24 bits per heavy atom. The topological polar surface area (TPSA) is 56.1 Å². The molecule has 0 spiro atoms. The van der Waals surface area contributed by atoms with E-state index in [1.54, 1.807) is 0 Å². The van der Waals surface area contributed by atoms with Crippen molar-refractivity contribution < 1.29 is 4.79 Å². The molecule has 0 bridgehead atoms. The molecule has 1 N–H and O–H groups in total. The standard InChI is InChI=1S/C17H23N3O/c1-3-20(4-2)15-9-7-14(8-10-15)19-16(21)17(13-18)11-5-6-12-17/h7-10H,3-6,11-12H2,1-2H3,(H,19,21). The maximum atomic E-state index is 12.4. The molecule has 21 heavy (non-hydrogen) atoms. The zero-order chi connectivity index (χ0) is 15.3. The number of benzene rings is 1. The van der Waals surface area contributed by atoms with Crippen LogP contribution in [0.4, 0.5) is 11.4 Å². The Bertz CT molecular complexity index is 520. The summed E-state index contributed by atoms with van der Waals surface area (Å²) in [4.78, 5) is 14.6. The Morgan fingerprint density at radius 3 is 2.29 bits per heavy atom. The van der Waals surface area contributed by atoms with Gasteiger partial charge >= 0.3 is 0 Å². The fourth-order valence-electron chi connectivity index (χ4n) is 2.96. The Kier molecular flexibility index (Phi) is 4.85. The first kappa shape index (κ1) is 15.4. The predicted octanol–water partition coefficient (Wildman–Crippen LogP) is 3.56. The largest absolute Gasteiger partial charge is 0.372 e. The molecule has 0 atom stereocenters. The number of carbonyl (C=O) groups is 1. The molecule has 1 aliphatic rings. The van der Waals surface area contributed by atoms with E-state index in [0.29, 0.717) is 12.8 Å². The van der Waals surface area contributed by atoms with Crippen LogP contribution in [0, 0.1) is 16.7 Å². The minimum Gasteiger partial charge on any atom is -0.372 e. The van der Waals surface area contributed by atoms with Crippen molar-refractivity contribution in [1.29, 1.82) is 5.26 Å². The molecule has 0 saturated heterocycles. The molecular weight excluding hydrogens is 262 g/mol. The summed E-state index contributed by atoms with van der Waals surface area (Å²) >= 11 is 0. The van der Waals surface area contributed by atoms with Crippen LogP contribution in [-0.2, 0) is 4.79 Å². The molecule has 0 aromatic heterocycles. The second kappa shape index (κ2) is 6.62. The van der Waals surface area contributed by atoms with Gasteiger partial charge in [-0.2, -0.15) is 5.26 Å². The number of anilines is 2. The van der Waals surface area contributed by atoms with Crippen LogP contribution in [-0.4, -0.2) is 19.0 Å². The highest BCUT2D eigenvalue weighted by atomic mass is 16.2. The second-order valence-electron chi connectivity index (χ2n) is 5.57. The number of amides is 1. The minimum absolute atomic E-state index is 0.155. The van der Waals surface area contributed by atoms with Gasteiger partial charge < -0.3 is 10.2 Å². The van der Waals surface area contributed by atoms with E-state index in [-0.39, 0.29) is 5.91 Å². The summed E-state index contributed by atoms with van der Waals surface area (Å²) < 4.78 is 0. The molecule has 112 valence electrons. The van der Waals surface area contributed by atoms with E-state index in [2.05, 4.69) is 30.1 Å². The first-order chi connectivity index (χ1) is 10.1. The van der Waals surface area contributed by atoms with E-state index in [9.17, 15) is 10.1 Å². The lowest BCUT2D eigenvalue weighted by Gasteiger charge is -2.22. The van der Waals surface area contributed by atoms with E-state index in [4.69, 9.17) is 0 Å². The molecule has 4 nitrogen and oxygen atoms in total. The Morgan fingerprint density at radius 2 is 1.81 bits per heavy atom. The van der Waals surface area contributed by atoms with Gasteiger partial charge in [0.25, 0.3) is 0 Å². The van der Waals surface area contributed by atoms with Gasteiger partial charge in [-0.15, -0.1) is 0 Å². The van der Waals surface area contributed by atoms with Crippen LogP contribution in [0.5, 0.6) is 0 Å². The number of rotatable bonds is 5. The maximum absolute atomic E-state index is 12.4. The molecule has 4 heteroatoms. The van der Waals surface area contributed by atoms with E-state index in [1.807, 2.05) is 24.3 Å². The second-order valence-corrected chi connectivity index (χ2v) is 5.57. The smallest absolute Gasteiger partial charge is 0.244 e. The van der Waals surface area contributed by atoms with Crippen LogP contribution >= 0.6 is 0 Å². The lowest BCUT2D eigenvalue weighted by Crippen LogP contribution is -2.32. The summed E-state index contributed by atoms with van der Waals surface area (Å²) in [6, 6.07) is 10.1. The van der Waals surface area contributed by atoms with E-state index in [0.717, 1.165) is 37.3 Å². The highest BCUT2D eigenvalue weighted by Crippen LogP contribution is 2.38. The van der Waals surface area contributed by atoms with Crippen molar-refractivity contribution in [3.8, 4) is 6.07 Å². The van der Waals surface area contributed by atoms with Gasteiger partial charge in [0.15, 0.2) is 0 Å². The molecule has 0 unspecified atom stereocenters. The van der Waals surface area contributed by atoms with Crippen molar-refractivity contribution in [2.24, 2.45) is 5.41 Å². The average molecular weight is 285 g/mol. The van der Waals surface area contributed by atoms with Gasteiger partial charge in [-0.3, -0.25) is 4.79 Å². The Hall–Kier alpha value is -2.02. The molecule has 0 radical (unpaired) electrons. The predicted molar refractivity (Wildman–Crippen MR) is 85.1 cm³/mol. The molecule has 0 heterocycles. The maximum Gasteiger partial charge on any atom is 0.244 e. The van der Waals surface area contributed by atoms with Crippen LogP contribution < -0.4 is 10.2 Å². The van der Waals surface area contributed by atoms with Gasteiger partial charge in [0.05, 0.1) is 6.07 Å². The normalized spacial score (nSPS) is 16.2. The number of carbonyl (C=O) groups excluding carboxylic acids is 1. The van der Waals surface area contributed by atoms with Crippen LogP contribution in [0.25, 0.3) is 0 Å². The van der Waals surface area contributed by atoms with Crippen molar-refractivity contribution in [2.75, 3.05) is 23.3 Å². The third-order valence-corrected chi connectivity index (χ3v) is 4.36. The first-order valence-corrected chi connectivity index (χ1v) is 7.73. The first-order valence-electron chi connectivity index (χ1n) is 7.73. The summed E-state index contributed by atoms with van der Waals surface area (Å²) in [5, 5.41) is 12.2. The molecule has 1 aromatic rings. The van der Waals surface area contributed by atoms with Crippen LogP contribution in [0.3, 0.4) is 0 Å². The van der Waals surface area contributed by atoms with Gasteiger partial charge in [-0.1, -0.05) is 12.8 Å². The fraction of sp³-hybridized carbons (Fsp3) is 0.529. The van der Waals surface area contributed by atoms with Crippen molar-refractivity contribution >= 4 is 17.3 Å². The van der Waals surface area contributed by atoms with Gasteiger partial charge in [0, 0.05) is 24.5 Å². The molecule has 1 saturated carbocycles. The van der Waals surface area contributed by atoms with Gasteiger partial charge in [0.2, 0.25) is 5.91 Å². The monoisotopic (exact) mass is 285 g/mol. The van der Waals surface area contributed by atoms with E-state index < -0.39 is 5.41 Å². The highest BCUT2D eigenvalue weighted by Gasteiger charge is 2.41. The number of nitrogens with one attached hydrogen (secondary N) is 1. The highest BCUT2D eigenvalue weighted by molar-refractivity contribution is 5.97. The van der Waals surface area contributed by atoms with Crippen LogP contribution in [0.1, 0.15) is 39.5 Å². The van der Waals surface area contributed by atoms with Crippen LogP contribution in [0.2, 0.25) is 0 Å². The molecule has 2 rings (SSSR count). The molecule has 0 aliphatic heterocycles. The van der Waals surface area contributed by atoms with Crippen LogP contribution in [0.15, 0.2) is 24.3 Å². The third kappa shape index (κ3) is 3.18. The fourth-order valence-corrected chi connectivity index (χ4v) is 2.96. The molecular formula is C17H23N3O. The lowest BCUT2D eigenvalue weighted by molar-refractivity contribution is -0.122. The Balaban J connectivity index is 2.07. The van der Waals surface area contributed by atoms with Crippen molar-refractivity contribution in [3.05, 3.63) is 24.3 Å². The molecule has 1 amide bonds. The molecule has 1 aromatic carbocycles. The number of nitriles is 1. The zero-order valence-corrected chi connectivity index (χ0v) is 12.9. The quantitative estimate of drug-likeness (QED) is 0.900. The van der Waals surface area contributed by atoms with Gasteiger partial charge in [0.1, 0.15) is 5.41 Å². The number of nitrogens with zero attached hydrogens (tertiary/aromatic N) is 2. The SMILES string of the molecule is CCN(CC)c1ccc(NC(=O)C2(C#N)CCCC2)cc1. The van der Waals surface area contributed by atoms with E-state index >= 15 is 0 Å². The summed E-state index contributed by atoms with van der Waals surface area (Å²) in [6.45, 7) is 6.16. The summed E-state index contributed by atoms with van der Waals surface area (Å²) in [5.41, 5.74) is 1.09. The number of hydrogen-bond acceptors (Lipinski definition) is 3. The van der Waals surface area contributed by atoms with Gasteiger partial charge in [-0.05, 0) is 51.0 Å². The summed E-state index contributed by atoms with van der Waals surface area (Å²) in [6.07, 6.45) is 3.27. The van der Waals surface area contributed by atoms with E-state index in [1.165, 1.54) is 0 Å². The summed E-state index contributed by atoms with van der Waals surface area (Å²) in [5.74, 6) is -0.155. The van der Waals surface area contributed by atoms with Gasteiger partial charge in [-0.25, -0.2) is 0 Å². The average Bonchev–Trinajstić information content (AvgIpc) is 3.00. The Labute approximate surface area is 126 Å². The molecule has 1 aliphatic carbocycles. The molecule has 1 fully saturated rings. The van der Waals surface area contributed by atoms with Crippen molar-refractivity contribution in [1.82, 2.24) is 0 Å². The van der Waals surface area contributed by atoms with Crippen molar-refractivity contribution in [3.63, 3.8) is 0 Å².